The number of rotatable bonds is 7. The highest BCUT2D eigenvalue weighted by Crippen LogP contribution is 2.27. The number of benzene rings is 1. The Morgan fingerprint density at radius 1 is 1.17 bits per heavy atom. The fraction of sp³-hybridized carbons (Fsp3) is 0.519. The summed E-state index contributed by atoms with van der Waals surface area (Å²) in [6, 6.07) is 9.25. The van der Waals surface area contributed by atoms with E-state index in [4.69, 9.17) is 20.0 Å². The van der Waals surface area contributed by atoms with E-state index in [-0.39, 0.29) is 11.8 Å². The van der Waals surface area contributed by atoms with Crippen LogP contribution in [0.5, 0.6) is 5.75 Å². The van der Waals surface area contributed by atoms with Crippen molar-refractivity contribution in [2.45, 2.75) is 44.9 Å². The smallest absolute Gasteiger partial charge is 0.352 e. The van der Waals surface area contributed by atoms with Crippen molar-refractivity contribution in [1.82, 2.24) is 14.8 Å². The normalized spacial score (nSPS) is 21.8. The molecule has 0 amide bonds. The number of aromatic carboxylic acids is 1. The number of aliphatic hydroxyl groups is 1. The van der Waals surface area contributed by atoms with E-state index in [1.54, 1.807) is 18.6 Å². The van der Waals surface area contributed by atoms with Crippen LogP contribution in [0.2, 0.25) is 0 Å². The predicted molar refractivity (Wildman–Crippen MR) is 138 cm³/mol. The van der Waals surface area contributed by atoms with Gasteiger partial charge in [0.25, 0.3) is 0 Å². The van der Waals surface area contributed by atoms with E-state index in [0.29, 0.717) is 24.3 Å². The molecule has 36 heavy (non-hydrogen) atoms. The minimum atomic E-state index is -0.989. The second-order valence-electron chi connectivity index (χ2n) is 9.94. The number of carboxylic acids is 1. The van der Waals surface area contributed by atoms with E-state index in [0.717, 1.165) is 75.0 Å². The Morgan fingerprint density at radius 2 is 1.92 bits per heavy atom. The number of ether oxygens (including phenoxy) is 1. The van der Waals surface area contributed by atoms with Crippen LogP contribution in [0.1, 0.15) is 42.2 Å². The van der Waals surface area contributed by atoms with Crippen molar-refractivity contribution >= 4 is 16.9 Å². The summed E-state index contributed by atoms with van der Waals surface area (Å²) < 4.78 is 10.6. The van der Waals surface area contributed by atoms with Crippen LogP contribution < -0.4 is 10.5 Å². The maximum absolute atomic E-state index is 10.9. The molecule has 2 atom stereocenters. The summed E-state index contributed by atoms with van der Waals surface area (Å²) in [7, 11) is 0. The lowest BCUT2D eigenvalue weighted by Crippen LogP contribution is -2.47. The summed E-state index contributed by atoms with van der Waals surface area (Å²) in [5.41, 5.74) is 7.71. The van der Waals surface area contributed by atoms with E-state index in [2.05, 4.69) is 21.7 Å². The molecule has 0 unspecified atom stereocenters. The van der Waals surface area contributed by atoms with Gasteiger partial charge in [-0.25, -0.2) is 4.79 Å². The molecule has 2 saturated heterocycles. The minimum Gasteiger partial charge on any atom is -0.488 e. The van der Waals surface area contributed by atoms with Crippen molar-refractivity contribution in [3.05, 3.63) is 54.1 Å². The fourth-order valence-corrected chi connectivity index (χ4v) is 4.79. The molecule has 4 heterocycles. The average molecular weight is 499 g/mol. The number of carbonyl (C=O) groups is 1. The number of furan rings is 1. The average Bonchev–Trinajstić information content (AvgIpc) is 3.55. The van der Waals surface area contributed by atoms with Crippen molar-refractivity contribution in [2.24, 2.45) is 11.7 Å². The molecule has 9 heteroatoms. The van der Waals surface area contributed by atoms with Crippen LogP contribution in [-0.4, -0.2) is 82.4 Å². The standard InChI is InChI=1S/C14H11NO4.C13H27N3O/c16-14(17)12-6-10-11(15-12)2-1-3-13(10)19-8-9-4-5-18-7-9;1-11-10-16(7-4-13(11)17)9-8-15-5-2-12(14)3-6-15/h1-7,15H,8H2,(H,16,17);11-13,17H,2-10,14H2,1H3/t;11-,13-/m.0/s1. The molecule has 2 aliphatic heterocycles. The van der Waals surface area contributed by atoms with Gasteiger partial charge in [0.05, 0.1) is 18.6 Å². The lowest BCUT2D eigenvalue weighted by molar-refractivity contribution is 0.0304. The molecule has 0 bridgehead atoms. The third kappa shape index (κ3) is 7.10. The molecule has 2 aromatic heterocycles. The van der Waals surface area contributed by atoms with Gasteiger partial charge >= 0.3 is 5.97 Å². The molecule has 5 rings (SSSR count). The minimum absolute atomic E-state index is 0.0840. The summed E-state index contributed by atoms with van der Waals surface area (Å²) in [4.78, 5) is 18.8. The predicted octanol–water partition coefficient (Wildman–Crippen LogP) is 3.15. The molecule has 0 spiro atoms. The highest BCUT2D eigenvalue weighted by atomic mass is 16.5. The van der Waals surface area contributed by atoms with Gasteiger partial charge in [-0.05, 0) is 62.5 Å². The van der Waals surface area contributed by atoms with Crippen molar-refractivity contribution < 1.29 is 24.2 Å². The first-order chi connectivity index (χ1) is 17.4. The number of likely N-dealkylation sites (tertiary alicyclic amines) is 2. The first kappa shape index (κ1) is 26.2. The number of nitrogens with two attached hydrogens (primary N) is 1. The van der Waals surface area contributed by atoms with E-state index in [1.165, 1.54) is 0 Å². The molecule has 0 aliphatic carbocycles. The quantitative estimate of drug-likeness (QED) is 0.391. The van der Waals surface area contributed by atoms with E-state index in [1.807, 2.05) is 24.3 Å². The van der Waals surface area contributed by atoms with Gasteiger partial charge < -0.3 is 39.9 Å². The third-order valence-electron chi connectivity index (χ3n) is 7.14. The molecule has 1 aromatic carbocycles. The number of fused-ring (bicyclic) bond motifs is 1. The first-order valence-corrected chi connectivity index (χ1v) is 12.8. The van der Waals surface area contributed by atoms with Crippen molar-refractivity contribution in [1.29, 1.82) is 0 Å². The van der Waals surface area contributed by atoms with E-state index in [9.17, 15) is 9.90 Å². The van der Waals surface area contributed by atoms with Crippen LogP contribution in [0.3, 0.4) is 0 Å². The Labute approximate surface area is 211 Å². The van der Waals surface area contributed by atoms with Crippen LogP contribution >= 0.6 is 0 Å². The topological polar surface area (TPSA) is 128 Å². The van der Waals surface area contributed by atoms with Crippen LogP contribution in [-0.2, 0) is 6.61 Å². The summed E-state index contributed by atoms with van der Waals surface area (Å²) >= 11 is 0. The van der Waals surface area contributed by atoms with Gasteiger partial charge in [-0.3, -0.25) is 0 Å². The molecule has 0 radical (unpaired) electrons. The summed E-state index contributed by atoms with van der Waals surface area (Å²) in [5.74, 6) is 0.0814. The molecule has 196 valence electrons. The molecule has 9 nitrogen and oxygen atoms in total. The van der Waals surface area contributed by atoms with Crippen LogP contribution in [0.4, 0.5) is 0 Å². The number of aromatic amines is 1. The van der Waals surface area contributed by atoms with Gasteiger partial charge in [0.15, 0.2) is 0 Å². The van der Waals surface area contributed by atoms with Gasteiger partial charge in [0, 0.05) is 48.7 Å². The zero-order valence-corrected chi connectivity index (χ0v) is 20.9. The second-order valence-corrected chi connectivity index (χ2v) is 9.94. The van der Waals surface area contributed by atoms with Gasteiger partial charge in [0.1, 0.15) is 18.1 Å². The molecule has 0 saturated carbocycles. The summed E-state index contributed by atoms with van der Waals surface area (Å²) in [6.07, 6.45) is 6.34. The highest BCUT2D eigenvalue weighted by molar-refractivity contribution is 5.96. The number of nitrogens with one attached hydrogen (secondary N) is 1. The number of aliphatic hydroxyl groups excluding tert-OH is 1. The number of H-pyrrole nitrogens is 1. The van der Waals surface area contributed by atoms with Crippen LogP contribution in [0.25, 0.3) is 10.9 Å². The van der Waals surface area contributed by atoms with Gasteiger partial charge in [0.2, 0.25) is 0 Å². The molecular weight excluding hydrogens is 460 g/mol. The Hall–Kier alpha value is -2.85. The lowest BCUT2D eigenvalue weighted by Gasteiger charge is -2.36. The summed E-state index contributed by atoms with van der Waals surface area (Å²) in [6.45, 7) is 9.26. The van der Waals surface area contributed by atoms with Crippen molar-refractivity contribution in [2.75, 3.05) is 39.3 Å². The zero-order chi connectivity index (χ0) is 25.5. The highest BCUT2D eigenvalue weighted by Gasteiger charge is 2.24. The first-order valence-electron chi connectivity index (χ1n) is 12.8. The molecular formula is C27H38N4O5. The fourth-order valence-electron chi connectivity index (χ4n) is 4.79. The Bertz CT molecular complexity index is 1090. The van der Waals surface area contributed by atoms with Gasteiger partial charge in [-0.15, -0.1) is 0 Å². The number of hydrogen-bond acceptors (Lipinski definition) is 7. The second kappa shape index (κ2) is 12.4. The number of hydrogen-bond donors (Lipinski definition) is 4. The summed E-state index contributed by atoms with van der Waals surface area (Å²) in [5, 5.41) is 19.4. The number of nitrogens with zero attached hydrogens (tertiary/aromatic N) is 2. The Balaban J connectivity index is 0.000000170. The maximum atomic E-state index is 10.9. The van der Waals surface area contributed by atoms with Crippen molar-refractivity contribution in [3.63, 3.8) is 0 Å². The van der Waals surface area contributed by atoms with Crippen LogP contribution in [0.15, 0.2) is 47.3 Å². The van der Waals surface area contributed by atoms with E-state index < -0.39 is 5.97 Å². The molecule has 2 aliphatic rings. The lowest BCUT2D eigenvalue weighted by atomic mass is 9.97. The van der Waals surface area contributed by atoms with Crippen molar-refractivity contribution in [3.8, 4) is 5.75 Å². The molecule has 3 aromatic rings. The number of piperidine rings is 2. The zero-order valence-electron chi connectivity index (χ0n) is 20.9. The third-order valence-corrected chi connectivity index (χ3v) is 7.14. The van der Waals surface area contributed by atoms with Gasteiger partial charge in [-0.1, -0.05) is 13.0 Å². The van der Waals surface area contributed by atoms with Crippen LogP contribution in [0, 0.1) is 5.92 Å². The Kier molecular flexibility index (Phi) is 9.03. The number of aromatic nitrogens is 1. The molecule has 5 N–H and O–H groups in total. The number of carboxylic acid groups (broad SMARTS) is 1. The Morgan fingerprint density at radius 3 is 2.61 bits per heavy atom. The molecule has 2 fully saturated rings. The van der Waals surface area contributed by atoms with Gasteiger partial charge in [-0.2, -0.15) is 0 Å². The van der Waals surface area contributed by atoms with E-state index >= 15 is 0 Å². The monoisotopic (exact) mass is 498 g/mol. The largest absolute Gasteiger partial charge is 0.488 e. The SMILES string of the molecule is C[C@H]1CN(CCN2CCC(N)CC2)CC[C@@H]1O.O=C(O)c1cc2c(OCc3ccoc3)cccc2[nH]1. The maximum Gasteiger partial charge on any atom is 0.352 e.